The number of hydrogen-bond acceptors (Lipinski definition) is 13. The highest BCUT2D eigenvalue weighted by Gasteiger charge is 2.84. The van der Waals surface area contributed by atoms with Crippen LogP contribution in [0.25, 0.3) is 44.2 Å². The number of phenolic OH excluding ortho intramolecular Hbond substituents is 1. The van der Waals surface area contributed by atoms with Crippen LogP contribution in [-0.4, -0.2) is 83.2 Å². The second-order valence-electron chi connectivity index (χ2n) is 29.0. The first kappa shape index (κ1) is 61.1. The third kappa shape index (κ3) is 10.1. The lowest BCUT2D eigenvalue weighted by Crippen LogP contribution is -2.61. The van der Waals surface area contributed by atoms with Crippen LogP contribution in [0.3, 0.4) is 0 Å². The van der Waals surface area contributed by atoms with Gasteiger partial charge in [-0.15, -0.1) is 0 Å². The molecule has 85 heavy (non-hydrogen) atoms. The topological polar surface area (TPSA) is 187 Å². The van der Waals surface area contributed by atoms with Crippen LogP contribution < -0.4 is 20.3 Å². The standard InChI is InChI=1S/C38H64O6.C17H14O4.C17H14O3/c1-21-17-26-35(9)18-24(39)30(36(10)13-11-28(44-36)33(6,7)41)34(35,8)15-16-37(26)20-38(37)14-12-27(32(4,5)29(21)38)43-31-23(3)22(2)25(40)19-42-31;1-10-3-5-12-16(7-10)21-9-13(17(12)19)11-4-6-15(20-2)14(18)8-11;1-11-3-8-14-16(9-11)20-10-15(17(14)18)12-4-6-13(19-2)7-5-12/h21-31,39-41H,11-20H2,1-10H3;3-9,18H,1-2H3;3-10H,1-2H3/t21-,22?,23?,24?,25?,26?,27-,28?,29?,30?,31?,34+,35-,36+,37?,38?;;/m0../s1. The Kier molecular flexibility index (Phi) is 15.8. The van der Waals surface area contributed by atoms with Crippen LogP contribution in [0.5, 0.6) is 17.2 Å². The van der Waals surface area contributed by atoms with Crippen molar-refractivity contribution in [1.82, 2.24) is 0 Å². The molecule has 4 heterocycles. The molecule has 5 saturated carbocycles. The SMILES string of the molecule is CC1C(O)COC(O[C@H]2CCC34CC35CC[C@]3(C)C([C@@]6(C)CCC(C(C)(C)O)O6)C(O)C[C@@]3(C)C5C[C@H](C)C4C2(C)C)C1C.COc1ccc(-c2coc3cc(C)ccc3c2=O)cc1.COc1ccc(-c2coc3cc(C)ccc3c2=O)cc1O. The van der Waals surface area contributed by atoms with Crippen molar-refractivity contribution in [3.63, 3.8) is 0 Å². The number of aromatic hydroxyl groups is 1. The number of rotatable bonds is 8. The minimum atomic E-state index is -0.869. The maximum absolute atomic E-state index is 12.5. The number of aliphatic hydroxyl groups excluding tert-OH is 2. The van der Waals surface area contributed by atoms with E-state index in [4.69, 9.17) is 32.5 Å². The zero-order chi connectivity index (χ0) is 61.1. The molecule has 7 aliphatic rings. The summed E-state index contributed by atoms with van der Waals surface area (Å²) in [6.45, 7) is 27.1. The molecule has 5 aliphatic carbocycles. The Morgan fingerprint density at radius 1 is 0.659 bits per heavy atom. The van der Waals surface area contributed by atoms with Crippen LogP contribution >= 0.6 is 0 Å². The summed E-state index contributed by atoms with van der Waals surface area (Å²) in [5.41, 5.74) is 5.09. The van der Waals surface area contributed by atoms with Crippen molar-refractivity contribution in [3.8, 4) is 39.5 Å². The van der Waals surface area contributed by atoms with Crippen LogP contribution in [0.15, 0.2) is 110 Å². The minimum absolute atomic E-state index is 0.00740. The van der Waals surface area contributed by atoms with Gasteiger partial charge in [-0.3, -0.25) is 9.59 Å². The first-order valence-electron chi connectivity index (χ1n) is 31.2. The largest absolute Gasteiger partial charge is 0.504 e. The lowest BCUT2D eigenvalue weighted by atomic mass is 9.40. The number of methoxy groups -OCH3 is 2. The fraction of sp³-hybridized carbons (Fsp3) is 0.583. The Morgan fingerprint density at radius 2 is 1.27 bits per heavy atom. The van der Waals surface area contributed by atoms with Crippen molar-refractivity contribution in [2.45, 2.75) is 183 Å². The van der Waals surface area contributed by atoms with E-state index >= 15 is 0 Å². The molecule has 2 saturated heterocycles. The Morgan fingerprint density at radius 3 is 1.85 bits per heavy atom. The fourth-order valence-corrected chi connectivity index (χ4v) is 18.8. The zero-order valence-corrected chi connectivity index (χ0v) is 52.5. The number of aliphatic hydroxyl groups is 3. The Balaban J connectivity index is 0.000000152. The predicted octanol–water partition coefficient (Wildman–Crippen LogP) is 14.0. The Hall–Kier alpha value is -5.54. The molecule has 11 unspecified atom stereocenters. The van der Waals surface area contributed by atoms with Gasteiger partial charge in [0.15, 0.2) is 28.6 Å². The number of ether oxygens (including phenoxy) is 5. The summed E-state index contributed by atoms with van der Waals surface area (Å²) in [5, 5.41) is 44.1. The molecule has 2 aromatic heterocycles. The molecular weight excluding hydrogens is 1070 g/mol. The predicted molar refractivity (Wildman–Crippen MR) is 331 cm³/mol. The molecule has 458 valence electrons. The molecule has 2 aliphatic heterocycles. The zero-order valence-electron chi connectivity index (χ0n) is 52.5. The van der Waals surface area contributed by atoms with Crippen molar-refractivity contribution in [2.75, 3.05) is 20.8 Å². The maximum Gasteiger partial charge on any atom is 0.200 e. The summed E-state index contributed by atoms with van der Waals surface area (Å²) < 4.78 is 41.0. The summed E-state index contributed by atoms with van der Waals surface area (Å²) in [4.78, 5) is 25.0. The quantitative estimate of drug-likeness (QED) is 0.106. The van der Waals surface area contributed by atoms with Crippen LogP contribution in [0.2, 0.25) is 0 Å². The molecule has 2 spiro atoms. The van der Waals surface area contributed by atoms with Gasteiger partial charge >= 0.3 is 0 Å². The molecule has 0 radical (unpaired) electrons. The van der Waals surface area contributed by atoms with E-state index in [-0.39, 0.29) is 75.2 Å². The van der Waals surface area contributed by atoms with Crippen molar-refractivity contribution >= 4 is 21.9 Å². The Bertz CT molecular complexity index is 3580. The van der Waals surface area contributed by atoms with Crippen molar-refractivity contribution in [1.29, 1.82) is 0 Å². The van der Waals surface area contributed by atoms with E-state index in [1.54, 1.807) is 25.3 Å². The molecule has 7 fully saturated rings. The summed E-state index contributed by atoms with van der Waals surface area (Å²) in [6, 6.07) is 23.2. The summed E-state index contributed by atoms with van der Waals surface area (Å²) in [7, 11) is 3.09. The average Bonchev–Trinajstić information content (AvgIpc) is 1.47. The maximum atomic E-state index is 12.5. The van der Waals surface area contributed by atoms with Crippen molar-refractivity contribution in [3.05, 3.63) is 123 Å². The van der Waals surface area contributed by atoms with Gasteiger partial charge in [0.25, 0.3) is 0 Å². The van der Waals surface area contributed by atoms with Crippen LogP contribution in [-0.2, 0) is 14.2 Å². The van der Waals surface area contributed by atoms with Crippen LogP contribution in [0, 0.1) is 76.4 Å². The molecule has 4 aromatic carbocycles. The van der Waals surface area contributed by atoms with E-state index in [0.29, 0.717) is 79.6 Å². The number of benzene rings is 4. The van der Waals surface area contributed by atoms with Gasteiger partial charge in [-0.1, -0.05) is 78.8 Å². The molecule has 13 nitrogen and oxygen atoms in total. The highest BCUT2D eigenvalue weighted by Crippen LogP contribution is 2.90. The third-order valence-electron chi connectivity index (χ3n) is 23.4. The molecule has 4 N–H and O–H groups in total. The summed E-state index contributed by atoms with van der Waals surface area (Å²) in [5.74, 6) is 3.37. The molecule has 13 rings (SSSR count). The lowest BCUT2D eigenvalue weighted by molar-refractivity contribution is -0.280. The number of phenols is 1. The van der Waals surface area contributed by atoms with E-state index in [9.17, 15) is 30.0 Å². The molecule has 0 amide bonds. The fourth-order valence-electron chi connectivity index (χ4n) is 18.8. The highest BCUT2D eigenvalue weighted by molar-refractivity contribution is 5.83. The molecular formula is C72H92O13. The first-order chi connectivity index (χ1) is 40.1. The Labute approximate surface area is 501 Å². The molecule has 16 atom stereocenters. The average molecular weight is 1170 g/mol. The highest BCUT2D eigenvalue weighted by atomic mass is 16.7. The van der Waals surface area contributed by atoms with E-state index in [1.807, 2.05) is 82.3 Å². The third-order valence-corrected chi connectivity index (χ3v) is 23.4. The van der Waals surface area contributed by atoms with E-state index < -0.39 is 17.3 Å². The second kappa shape index (κ2) is 21.9. The smallest absolute Gasteiger partial charge is 0.200 e. The van der Waals surface area contributed by atoms with Gasteiger partial charge in [0, 0.05) is 11.8 Å². The molecule has 6 aromatic rings. The van der Waals surface area contributed by atoms with Gasteiger partial charge in [-0.2, -0.15) is 0 Å². The number of fused-ring (bicyclic) bond motifs is 4. The van der Waals surface area contributed by atoms with Crippen LogP contribution in [0.4, 0.5) is 0 Å². The van der Waals surface area contributed by atoms with Gasteiger partial charge < -0.3 is 52.9 Å². The summed E-state index contributed by atoms with van der Waals surface area (Å²) in [6.07, 6.45) is 11.9. The normalized spacial score (nSPS) is 36.1. The van der Waals surface area contributed by atoms with Gasteiger partial charge in [0.2, 0.25) is 0 Å². The van der Waals surface area contributed by atoms with Gasteiger partial charge in [-0.05, 0) is 214 Å². The first-order valence-corrected chi connectivity index (χ1v) is 31.2. The van der Waals surface area contributed by atoms with E-state index in [2.05, 4.69) is 55.4 Å². The summed E-state index contributed by atoms with van der Waals surface area (Å²) >= 11 is 0. The second-order valence-corrected chi connectivity index (χ2v) is 29.0. The monoisotopic (exact) mass is 1160 g/mol. The number of aryl methyl sites for hydroxylation is 2. The number of hydrogen-bond donors (Lipinski definition) is 4. The van der Waals surface area contributed by atoms with E-state index in [0.717, 1.165) is 54.5 Å². The minimum Gasteiger partial charge on any atom is -0.504 e. The van der Waals surface area contributed by atoms with Crippen LogP contribution in [0.1, 0.15) is 138 Å². The van der Waals surface area contributed by atoms with Crippen molar-refractivity contribution in [2.24, 2.45) is 62.6 Å². The molecule has 0 bridgehead atoms. The van der Waals surface area contributed by atoms with E-state index in [1.165, 1.54) is 51.4 Å². The molecule has 13 heteroatoms. The van der Waals surface area contributed by atoms with Gasteiger partial charge in [-0.25, -0.2) is 0 Å². The van der Waals surface area contributed by atoms with Crippen molar-refractivity contribution < 1.29 is 52.9 Å². The van der Waals surface area contributed by atoms with Gasteiger partial charge in [0.05, 0.1) is 78.3 Å². The van der Waals surface area contributed by atoms with Gasteiger partial charge in [0.1, 0.15) is 29.4 Å². The lowest BCUT2D eigenvalue weighted by Gasteiger charge is -2.65.